The first-order valence-electron chi connectivity index (χ1n) is 27.8. The standard InChI is InChI=1S/C57H78IN3O22S3/c1-12-59-32-25-76-37(22-36(32)71-7)81-50-45(66)42(28(4)78-55(50)80-35-17-15-13-14-16-19-57(70)23-34(64)43(60-56(69)75-11)40(35)31(57)18-20-84-86-26(2)24-62)61-83-38-21-33(63)52(30(6)77-38)85-53(68)39-27(3)41(58)48(51(74-10)47(39)72-8)82-54-46(67)49(73-9)44(65)29(5)79-54/h13-14,18,26,28-30,32-33,35-38,42,44-46,49-50,52,54-55,59,61-63,65-67,70H,12,20-25H2,1-11H3,(H,60,69)/b14-13+,31-18+/t26-,28-,29+,30-,32+,33+,35+,36+,37+,38+,42-,44+,45+,46-,49-,50-,52-,54+,55+,57+/m1/s1. The fourth-order valence-corrected chi connectivity index (χ4v) is 14.3. The zero-order valence-corrected chi connectivity index (χ0v) is 54.1. The lowest BCUT2D eigenvalue weighted by Crippen LogP contribution is -2.65. The summed E-state index contributed by atoms with van der Waals surface area (Å²) in [6.07, 6.45) is -14.2. The predicted molar refractivity (Wildman–Crippen MR) is 323 cm³/mol. The summed E-state index contributed by atoms with van der Waals surface area (Å²) in [5.74, 6) is 11.1. The smallest absolute Gasteiger partial charge is 0.411 e. The van der Waals surface area contributed by atoms with E-state index < -0.39 is 127 Å². The van der Waals surface area contributed by atoms with Gasteiger partial charge in [-0.1, -0.05) is 77.0 Å². The molecule has 9 N–H and O–H groups in total. The van der Waals surface area contributed by atoms with Gasteiger partial charge in [0.1, 0.15) is 36.6 Å². The summed E-state index contributed by atoms with van der Waals surface area (Å²) in [5, 5.41) is 72.3. The molecule has 86 heavy (non-hydrogen) atoms. The Morgan fingerprint density at radius 3 is 2.28 bits per heavy atom. The summed E-state index contributed by atoms with van der Waals surface area (Å²) in [6, 6.07) is -1.30. The van der Waals surface area contributed by atoms with E-state index in [-0.39, 0.29) is 88.9 Å². The predicted octanol–water partition coefficient (Wildman–Crippen LogP) is 2.30. The highest BCUT2D eigenvalue weighted by Gasteiger charge is 2.52. The molecule has 0 unspecified atom stereocenters. The van der Waals surface area contributed by atoms with Gasteiger partial charge in [-0.05, 0) is 74.5 Å². The number of hydrogen-bond donors (Lipinski definition) is 9. The van der Waals surface area contributed by atoms with Crippen LogP contribution in [0.5, 0.6) is 17.2 Å². The molecule has 4 heterocycles. The molecular weight excluding hydrogens is 1300 g/mol. The maximum atomic E-state index is 14.4. The minimum atomic E-state index is -2.11. The molecular formula is C57H78IN3O22S3. The highest BCUT2D eigenvalue weighted by Crippen LogP contribution is 2.49. The first-order valence-corrected chi connectivity index (χ1v) is 32.2. The van der Waals surface area contributed by atoms with Crippen LogP contribution in [0, 0.1) is 34.2 Å². The number of benzene rings is 1. The number of allylic oxidation sites excluding steroid dienone is 3. The quantitative estimate of drug-likeness (QED) is 0.0250. The number of rotatable bonds is 23. The van der Waals surface area contributed by atoms with Crippen LogP contribution in [0.1, 0.15) is 69.8 Å². The molecule has 7 rings (SSSR count). The summed E-state index contributed by atoms with van der Waals surface area (Å²) in [5.41, 5.74) is 1.10. The summed E-state index contributed by atoms with van der Waals surface area (Å²) >= 11 is 2.82. The number of nitrogens with one attached hydrogen (secondary N) is 3. The first kappa shape index (κ1) is 70.1. The molecule has 4 saturated heterocycles. The molecule has 25 nitrogen and oxygen atoms in total. The van der Waals surface area contributed by atoms with Crippen molar-refractivity contribution in [3.8, 4) is 40.9 Å². The van der Waals surface area contributed by atoms with Crippen LogP contribution in [0.4, 0.5) is 4.79 Å². The number of fused-ring (bicyclic) bond motifs is 2. The Kier molecular flexibility index (Phi) is 26.2. The van der Waals surface area contributed by atoms with Crippen molar-refractivity contribution in [1.29, 1.82) is 0 Å². The van der Waals surface area contributed by atoms with Crippen molar-refractivity contribution in [1.82, 2.24) is 16.1 Å². The third kappa shape index (κ3) is 16.2. The Balaban J connectivity index is 1.12. The van der Waals surface area contributed by atoms with Crippen LogP contribution < -0.4 is 30.3 Å². The van der Waals surface area contributed by atoms with E-state index in [4.69, 9.17) is 61.7 Å². The number of halogens is 1. The van der Waals surface area contributed by atoms with Crippen molar-refractivity contribution in [2.75, 3.05) is 61.1 Å². The van der Waals surface area contributed by atoms with Crippen molar-refractivity contribution >= 4 is 72.9 Å². The van der Waals surface area contributed by atoms with Crippen molar-refractivity contribution in [2.45, 2.75) is 181 Å². The number of methoxy groups -OCH3 is 5. The second kappa shape index (κ2) is 32.1. The third-order valence-electron chi connectivity index (χ3n) is 15.1. The van der Waals surface area contributed by atoms with Crippen LogP contribution in [0.15, 0.2) is 35.1 Å². The van der Waals surface area contributed by atoms with E-state index >= 15 is 0 Å². The number of aliphatic hydroxyl groups excluding tert-OH is 5. The molecule has 0 saturated carbocycles. The number of hydroxylamine groups is 1. The Morgan fingerprint density at radius 1 is 0.895 bits per heavy atom. The molecule has 4 aliphatic heterocycles. The normalized spacial score (nSPS) is 35.7. The minimum absolute atomic E-state index is 0.0209. The fraction of sp³-hybridized carbons (Fsp3) is 0.667. The van der Waals surface area contributed by atoms with E-state index in [1.807, 2.05) is 36.4 Å². The van der Waals surface area contributed by atoms with Crippen LogP contribution in [-0.4, -0.2) is 229 Å². The average Bonchev–Trinajstić information content (AvgIpc) is 1.02. The highest BCUT2D eigenvalue weighted by molar-refractivity contribution is 14.1. The molecule has 0 spiro atoms. The maximum Gasteiger partial charge on any atom is 0.411 e. The summed E-state index contributed by atoms with van der Waals surface area (Å²) < 4.78 is 72.5. The first-order chi connectivity index (χ1) is 41.1. The number of carbonyl (C=O) groups excluding carboxylic acids is 3. The van der Waals surface area contributed by atoms with Gasteiger partial charge in [0.25, 0.3) is 0 Å². The zero-order chi connectivity index (χ0) is 62.7. The number of Topliss-reactive ketones (excluding diaryl/α,β-unsaturated/α-hetero) is 1. The molecule has 478 valence electrons. The molecule has 0 radical (unpaired) electrons. The van der Waals surface area contributed by atoms with E-state index in [0.29, 0.717) is 15.7 Å². The number of likely N-dealkylation sites (N-methyl/N-ethyl adjacent to an activating group) is 1. The van der Waals surface area contributed by atoms with Gasteiger partial charge in [-0.15, -0.1) is 0 Å². The Morgan fingerprint density at radius 2 is 1.62 bits per heavy atom. The van der Waals surface area contributed by atoms with Crippen molar-refractivity contribution in [2.24, 2.45) is 0 Å². The van der Waals surface area contributed by atoms with Crippen molar-refractivity contribution in [3.63, 3.8) is 0 Å². The van der Waals surface area contributed by atoms with Gasteiger partial charge in [0, 0.05) is 49.2 Å². The SMILES string of the molecule is CCN[C@H]1CO[C@@H](O[C@H]2[C@H](O[C@H]3C#C/C=C/C#C[C@]4(O)CC(=O)C(NC(=O)OC)=C3/C4=C\CSS[C@H](C)CO)O[C@H](C)[C@@H](NO[C@H]3C[C@H](O)[C@H](SC(=O)c4c(C)c(I)c(O[C@@H]5O[C@@H](C)[C@H](O)[C@@H](OC)[C@H]5O)c(OC)c4OC)[C@@H](C)O3)[C@@H]2O)C[C@@H]1OC. The summed E-state index contributed by atoms with van der Waals surface area (Å²) in [4.78, 5) is 47.7. The molecule has 1 aromatic carbocycles. The van der Waals surface area contributed by atoms with E-state index in [1.165, 1.54) is 55.1 Å². The van der Waals surface area contributed by atoms with Crippen LogP contribution in [0.2, 0.25) is 0 Å². The van der Waals surface area contributed by atoms with Crippen LogP contribution in [0.3, 0.4) is 0 Å². The van der Waals surface area contributed by atoms with Gasteiger partial charge in [-0.3, -0.25) is 19.7 Å². The van der Waals surface area contributed by atoms with E-state index in [1.54, 1.807) is 40.9 Å². The summed E-state index contributed by atoms with van der Waals surface area (Å²) in [7, 11) is 9.52. The monoisotopic (exact) mass is 1380 g/mol. The number of alkyl carbamates (subject to hydrolysis) is 1. The Hall–Kier alpha value is -3.33. The molecule has 2 bridgehead atoms. The van der Waals surface area contributed by atoms with Crippen LogP contribution >= 0.6 is 55.9 Å². The number of thioether (sulfide) groups is 1. The van der Waals surface area contributed by atoms with Gasteiger partial charge in [-0.25, -0.2) is 4.79 Å². The van der Waals surface area contributed by atoms with Crippen LogP contribution in [-0.2, 0) is 52.3 Å². The fourth-order valence-electron chi connectivity index (χ4n) is 10.6. The minimum Gasteiger partial charge on any atom is -0.492 e. The summed E-state index contributed by atoms with van der Waals surface area (Å²) in [6.45, 7) is 11.1. The number of carbonyl (C=O) groups is 3. The van der Waals surface area contributed by atoms with Gasteiger partial charge < -0.3 is 92.8 Å². The molecule has 1 amide bonds. The van der Waals surface area contributed by atoms with Crippen LogP contribution in [0.25, 0.3) is 0 Å². The molecule has 0 aromatic heterocycles. The number of hydrogen-bond acceptors (Lipinski definition) is 27. The average molecular weight is 1380 g/mol. The lowest BCUT2D eigenvalue weighted by molar-refractivity contribution is -0.336. The highest BCUT2D eigenvalue weighted by atomic mass is 127. The van der Waals surface area contributed by atoms with Gasteiger partial charge in [0.2, 0.25) is 17.2 Å². The molecule has 29 heteroatoms. The maximum absolute atomic E-state index is 14.4. The molecule has 1 aromatic rings. The molecule has 20 atom stereocenters. The van der Waals surface area contributed by atoms with E-state index in [0.717, 1.165) is 18.9 Å². The number of ether oxygens (including phenoxy) is 12. The van der Waals surface area contributed by atoms with Crippen molar-refractivity contribution in [3.05, 3.63) is 49.8 Å². The number of aliphatic hydroxyl groups is 6. The number of amides is 1. The third-order valence-corrected chi connectivity index (χ3v) is 20.5. The Labute approximate surface area is 525 Å². The van der Waals surface area contributed by atoms with Gasteiger partial charge in [-0.2, -0.15) is 5.48 Å². The van der Waals surface area contributed by atoms with Gasteiger partial charge in [0.05, 0.1) is 104 Å². The van der Waals surface area contributed by atoms with E-state index in [9.17, 15) is 45.0 Å². The lowest BCUT2D eigenvalue weighted by Gasteiger charge is -2.46. The van der Waals surface area contributed by atoms with Gasteiger partial charge in [0.15, 0.2) is 41.8 Å². The second-order valence-corrected chi connectivity index (χ2v) is 26.0. The molecule has 2 aliphatic carbocycles. The second-order valence-electron chi connectivity index (χ2n) is 20.9. The topological polar surface area (TPSA) is 329 Å². The Bertz CT molecular complexity index is 2770. The largest absolute Gasteiger partial charge is 0.492 e. The van der Waals surface area contributed by atoms with Crippen molar-refractivity contribution < 1.29 is 107 Å². The lowest BCUT2D eigenvalue weighted by atomic mass is 9.75. The zero-order valence-electron chi connectivity index (χ0n) is 49.5. The van der Waals surface area contributed by atoms with Gasteiger partial charge >= 0.3 is 6.09 Å². The van der Waals surface area contributed by atoms with E-state index in [2.05, 4.69) is 39.8 Å². The molecule has 6 aliphatic rings. The number of ketones is 1. The molecule has 4 fully saturated rings.